The summed E-state index contributed by atoms with van der Waals surface area (Å²) in [5.74, 6) is 0. The summed E-state index contributed by atoms with van der Waals surface area (Å²) in [6.45, 7) is 0. The average molecular weight is 626 g/mol. The Morgan fingerprint density at radius 1 is 0.625 bits per heavy atom. The van der Waals surface area contributed by atoms with Crippen LogP contribution in [0.3, 0.4) is 0 Å². The Balaban J connectivity index is 0. The van der Waals surface area contributed by atoms with Crippen molar-refractivity contribution < 1.29 is 0 Å². The van der Waals surface area contributed by atoms with Crippen molar-refractivity contribution in [2.24, 2.45) is 0 Å². The number of hydrogen-bond acceptors (Lipinski definition) is 0. The van der Waals surface area contributed by atoms with Gasteiger partial charge >= 0.3 is 64.0 Å². The van der Waals surface area contributed by atoms with Gasteiger partial charge in [-0.3, -0.25) is 0 Å². The van der Waals surface area contributed by atoms with Gasteiger partial charge in [0.2, 0.25) is 0 Å². The van der Waals surface area contributed by atoms with Gasteiger partial charge in [-0.05, 0) is 0 Å². The van der Waals surface area contributed by atoms with E-state index in [1.165, 1.54) is 0 Å². The molecule has 8 heteroatoms. The molecule has 0 aliphatic heterocycles. The van der Waals surface area contributed by atoms with E-state index in [0.29, 0.717) is 0 Å². The summed E-state index contributed by atoms with van der Waals surface area (Å²) < 4.78 is 0. The first-order chi connectivity index (χ1) is 0. The second-order valence-corrected chi connectivity index (χ2v) is 0. The molecule has 0 heterocycles. The van der Waals surface area contributed by atoms with E-state index in [1.807, 2.05) is 0 Å². The van der Waals surface area contributed by atoms with E-state index in [1.54, 1.807) is 0 Å². The first-order valence-electron chi connectivity index (χ1n) is 0. The Morgan fingerprint density at radius 3 is 0.625 bits per heavy atom. The molecule has 0 nitrogen and oxygen atoms in total. The minimum absolute atomic E-state index is 0. The maximum absolute atomic E-state index is 0. The van der Waals surface area contributed by atoms with Gasteiger partial charge in [-0.15, -0.1) is 0 Å². The Bertz CT molecular complexity index is 18.0. The molecule has 0 aliphatic rings. The summed E-state index contributed by atoms with van der Waals surface area (Å²) in [5, 5.41) is 0. The number of rotatable bonds is 0. The van der Waals surface area contributed by atoms with Crippen LogP contribution < -0.4 is 0 Å². The van der Waals surface area contributed by atoms with Crippen molar-refractivity contribution in [3.63, 3.8) is 0 Å². The summed E-state index contributed by atoms with van der Waals surface area (Å²) in [4.78, 5) is 0. The first kappa shape index (κ1) is 70.1. The van der Waals surface area contributed by atoms with Crippen LogP contribution in [-0.2, 0) is 0 Å². The monoisotopic (exact) mass is 623 g/mol. The summed E-state index contributed by atoms with van der Waals surface area (Å²) in [7, 11) is 0. The predicted molar refractivity (Wildman–Crippen MR) is 54.4 cm³/mol. The third-order valence-electron chi connectivity index (χ3n) is 0. The van der Waals surface area contributed by atoms with Gasteiger partial charge in [0.15, 0.2) is 0 Å². The van der Waals surface area contributed by atoms with Gasteiger partial charge < -0.3 is 18.0 Å². The van der Waals surface area contributed by atoms with Crippen molar-refractivity contribution in [2.75, 3.05) is 0 Å². The van der Waals surface area contributed by atoms with E-state index in [2.05, 4.69) is 0 Å². The predicted octanol–water partition coefficient (Wildman–Crippen LogP) is -4.65. The third kappa shape index (κ3) is 42.1. The SMILES string of the molecule is [Al].[Al].[As-3].[Ga+3].[Ga+3].[In].[In].[SbH6-3]. The van der Waals surface area contributed by atoms with E-state index < -0.39 is 0 Å². The van der Waals surface area contributed by atoms with Gasteiger partial charge in [0.25, 0.3) is 0 Å². The summed E-state index contributed by atoms with van der Waals surface area (Å²) in [6, 6.07) is 0. The Kier molecular flexibility index (Phi) is 482. The molecule has 0 aliphatic carbocycles. The fourth-order valence-corrected chi connectivity index (χ4v) is 0. The van der Waals surface area contributed by atoms with Crippen LogP contribution in [0.15, 0.2) is 0 Å². The van der Waals surface area contributed by atoms with Crippen molar-refractivity contribution >= 4 is 168 Å². The van der Waals surface area contributed by atoms with Crippen LogP contribution >= 0.6 is 0 Å². The van der Waals surface area contributed by atoms with Gasteiger partial charge in [0.05, 0.1) is 0 Å². The topological polar surface area (TPSA) is 0 Å². The molecular weight excluding hydrogens is 620 g/mol. The summed E-state index contributed by atoms with van der Waals surface area (Å²) in [5.41, 5.74) is 0. The van der Waals surface area contributed by atoms with Crippen LogP contribution in [0, 0.1) is 0 Å². The van der Waals surface area contributed by atoms with E-state index in [0.717, 1.165) is 0 Å². The summed E-state index contributed by atoms with van der Waals surface area (Å²) >= 11 is 0. The van der Waals surface area contributed by atoms with Crippen LogP contribution in [0.4, 0.5) is 0 Å². The molecule has 0 saturated heterocycles. The van der Waals surface area contributed by atoms with E-state index >= 15 is 0 Å². The van der Waals surface area contributed by atoms with Gasteiger partial charge in [0, 0.05) is 86.4 Å². The summed E-state index contributed by atoms with van der Waals surface area (Å²) in [6.07, 6.45) is 0. The van der Waals surface area contributed by atoms with Crippen LogP contribution in [0.2, 0.25) is 0 Å². The standard InChI is InChI=1S/2Al.As.2Ga.2In.Sb.6H/q;;-3;2*+3;;;-3;;;;;;. The van der Waals surface area contributed by atoms with Crippen molar-refractivity contribution in [1.82, 2.24) is 0 Å². The Hall–Kier alpha value is 5.45. The molecule has 0 fully saturated rings. The molecule has 0 spiro atoms. The normalized spacial score (nSPS) is 0. The molecule has 0 aromatic heterocycles. The van der Waals surface area contributed by atoms with Crippen molar-refractivity contribution in [1.29, 1.82) is 0 Å². The first-order valence-corrected chi connectivity index (χ1v) is 0. The fourth-order valence-electron chi connectivity index (χ4n) is 0. The maximum atomic E-state index is 0. The molecule has 0 bridgehead atoms. The van der Waals surface area contributed by atoms with Crippen LogP contribution in [0.1, 0.15) is 0 Å². The molecule has 8 heavy (non-hydrogen) atoms. The molecule has 12 radical (unpaired) electrons. The van der Waals surface area contributed by atoms with Crippen molar-refractivity contribution in [3.05, 3.63) is 0 Å². The quantitative estimate of drug-likeness (QED) is 0.238. The Morgan fingerprint density at radius 2 is 0.625 bits per heavy atom. The van der Waals surface area contributed by atoms with Crippen molar-refractivity contribution in [2.45, 2.75) is 0 Å². The van der Waals surface area contributed by atoms with Crippen LogP contribution in [0.25, 0.3) is 0 Å². The molecule has 34 valence electrons. The van der Waals surface area contributed by atoms with E-state index in [9.17, 15) is 0 Å². The Labute approximate surface area is 164 Å². The molecular formula is H6Al2AsGa2In2Sb. The van der Waals surface area contributed by atoms with Crippen LogP contribution in [-0.4, -0.2) is 168 Å². The second kappa shape index (κ2) is 54.9. The average Bonchev–Trinajstić information content (AvgIpc) is 0. The van der Waals surface area contributed by atoms with Crippen LogP contribution in [0.5, 0.6) is 0 Å². The molecule has 0 aromatic carbocycles. The zero-order valence-electron chi connectivity index (χ0n) is 3.91. The third-order valence-corrected chi connectivity index (χ3v) is 0. The minimum atomic E-state index is 0. The molecule has 0 atom stereocenters. The zero-order chi connectivity index (χ0) is 0. The zero-order valence-corrected chi connectivity index (χ0v) is 19.5. The van der Waals surface area contributed by atoms with E-state index in [-0.39, 0.29) is 168 Å². The van der Waals surface area contributed by atoms with Gasteiger partial charge in [-0.2, -0.15) is 0 Å². The van der Waals surface area contributed by atoms with Gasteiger partial charge in [0.1, 0.15) is 0 Å². The van der Waals surface area contributed by atoms with Crippen molar-refractivity contribution in [3.8, 4) is 0 Å². The molecule has 0 saturated carbocycles. The van der Waals surface area contributed by atoms with E-state index in [4.69, 9.17) is 0 Å². The van der Waals surface area contributed by atoms with Gasteiger partial charge in [-0.25, -0.2) is 0 Å². The fraction of sp³-hybridized carbons (Fsp3) is 0. The molecule has 0 amide bonds. The second-order valence-electron chi connectivity index (χ2n) is 0. The molecule has 0 unspecified atom stereocenters. The van der Waals surface area contributed by atoms with Gasteiger partial charge in [-0.1, -0.05) is 0 Å². The molecule has 0 rings (SSSR count). The molecule has 0 aromatic rings. The number of hydrogen-bond donors (Lipinski definition) is 0. The molecule has 0 N–H and O–H groups in total.